The van der Waals surface area contributed by atoms with E-state index in [4.69, 9.17) is 11.5 Å². The lowest BCUT2D eigenvalue weighted by Gasteiger charge is -2.17. The van der Waals surface area contributed by atoms with Crippen molar-refractivity contribution in [2.24, 2.45) is 11.5 Å². The molecule has 2 amide bonds. The Bertz CT molecular complexity index is 483. The fourth-order valence-electron chi connectivity index (χ4n) is 1.66. The van der Waals surface area contributed by atoms with Gasteiger partial charge in [-0.3, -0.25) is 9.59 Å². The van der Waals surface area contributed by atoms with Gasteiger partial charge in [0.25, 0.3) is 5.91 Å². The van der Waals surface area contributed by atoms with Crippen molar-refractivity contribution < 1.29 is 9.59 Å². The molecule has 0 saturated heterocycles. The van der Waals surface area contributed by atoms with E-state index >= 15 is 0 Å². The van der Waals surface area contributed by atoms with Crippen molar-refractivity contribution in [1.29, 1.82) is 0 Å². The van der Waals surface area contributed by atoms with Crippen molar-refractivity contribution in [2.45, 2.75) is 33.2 Å². The lowest BCUT2D eigenvalue weighted by atomic mass is 10.0. The van der Waals surface area contributed by atoms with E-state index in [1.54, 1.807) is 19.1 Å². The van der Waals surface area contributed by atoms with E-state index in [1.807, 2.05) is 13.8 Å². The predicted molar refractivity (Wildman–Crippen MR) is 71.6 cm³/mol. The van der Waals surface area contributed by atoms with Crippen molar-refractivity contribution >= 4 is 17.5 Å². The van der Waals surface area contributed by atoms with Crippen LogP contribution in [-0.4, -0.2) is 17.9 Å². The maximum absolute atomic E-state index is 11.4. The third kappa shape index (κ3) is 3.00. The number of primary amides is 2. The van der Waals surface area contributed by atoms with Crippen molar-refractivity contribution in [1.82, 2.24) is 0 Å². The second-order valence-electron chi connectivity index (χ2n) is 4.39. The molecule has 0 radical (unpaired) electrons. The number of carbonyl (C=O) groups excluding carboxylic acids is 2. The topological polar surface area (TPSA) is 98.2 Å². The smallest absolute Gasteiger partial charge is 0.250 e. The largest absolute Gasteiger partial charge is 0.382 e. The van der Waals surface area contributed by atoms with Gasteiger partial charge < -0.3 is 16.8 Å². The average molecular weight is 249 g/mol. The zero-order valence-corrected chi connectivity index (χ0v) is 10.9. The number of anilines is 1. The maximum Gasteiger partial charge on any atom is 0.250 e. The van der Waals surface area contributed by atoms with Crippen LogP contribution in [0.4, 0.5) is 5.69 Å². The number of hydrogen-bond acceptors (Lipinski definition) is 3. The Hall–Kier alpha value is -2.04. The molecule has 1 aromatic carbocycles. The molecule has 0 aliphatic heterocycles. The first-order chi connectivity index (χ1) is 8.36. The molecular formula is C13H19N3O2. The first kappa shape index (κ1) is 14.0. The number of benzene rings is 1. The van der Waals surface area contributed by atoms with Crippen LogP contribution in [0.5, 0.6) is 0 Å². The molecule has 0 fully saturated rings. The van der Waals surface area contributed by atoms with Crippen molar-refractivity contribution in [3.63, 3.8) is 0 Å². The fraction of sp³-hybridized carbons (Fsp3) is 0.385. The van der Waals surface area contributed by atoms with Gasteiger partial charge in [0.15, 0.2) is 0 Å². The first-order valence-corrected chi connectivity index (χ1v) is 5.87. The molecule has 0 aliphatic rings. The zero-order chi connectivity index (χ0) is 13.9. The van der Waals surface area contributed by atoms with Crippen molar-refractivity contribution in [3.05, 3.63) is 28.8 Å². The minimum Gasteiger partial charge on any atom is -0.382 e. The van der Waals surface area contributed by atoms with Crippen LogP contribution in [0, 0.1) is 6.92 Å². The molecule has 0 spiro atoms. The molecule has 18 heavy (non-hydrogen) atoms. The molecule has 1 atom stereocenters. The number of nitrogens with two attached hydrogens (primary N) is 2. The van der Waals surface area contributed by atoms with Gasteiger partial charge in [0.05, 0.1) is 5.56 Å². The quantitative estimate of drug-likeness (QED) is 0.735. The molecule has 0 bridgehead atoms. The summed E-state index contributed by atoms with van der Waals surface area (Å²) in [6, 6.07) is 3.35. The Kier molecular flexibility index (Phi) is 4.31. The monoisotopic (exact) mass is 249 g/mol. The first-order valence-electron chi connectivity index (χ1n) is 5.87. The SMILES string of the molecule is CC[C@@H](C)Nc1cc(C(N)=O)c(C)cc1C(N)=O. The molecule has 1 rings (SSSR count). The van der Waals surface area contributed by atoms with Crippen LogP contribution < -0.4 is 16.8 Å². The van der Waals surface area contributed by atoms with Gasteiger partial charge >= 0.3 is 0 Å². The summed E-state index contributed by atoms with van der Waals surface area (Å²) in [5.41, 5.74) is 12.6. The van der Waals surface area contributed by atoms with E-state index < -0.39 is 11.8 Å². The maximum atomic E-state index is 11.4. The fourth-order valence-corrected chi connectivity index (χ4v) is 1.66. The van der Waals surface area contributed by atoms with Crippen LogP contribution in [0.3, 0.4) is 0 Å². The summed E-state index contributed by atoms with van der Waals surface area (Å²) in [6.45, 7) is 5.72. The van der Waals surface area contributed by atoms with E-state index in [0.29, 0.717) is 22.4 Å². The summed E-state index contributed by atoms with van der Waals surface area (Å²) in [7, 11) is 0. The molecule has 0 aliphatic carbocycles. The van der Waals surface area contributed by atoms with Gasteiger partial charge in [0.2, 0.25) is 5.91 Å². The second-order valence-corrected chi connectivity index (χ2v) is 4.39. The van der Waals surface area contributed by atoms with Crippen LogP contribution in [-0.2, 0) is 0 Å². The molecule has 5 N–H and O–H groups in total. The normalized spacial score (nSPS) is 11.9. The number of nitrogens with one attached hydrogen (secondary N) is 1. The highest BCUT2D eigenvalue weighted by Gasteiger charge is 2.15. The number of carbonyl (C=O) groups is 2. The minimum atomic E-state index is -0.528. The van der Waals surface area contributed by atoms with Crippen molar-refractivity contribution in [3.8, 4) is 0 Å². The Morgan fingerprint density at radius 3 is 2.22 bits per heavy atom. The minimum absolute atomic E-state index is 0.173. The zero-order valence-electron chi connectivity index (χ0n) is 10.9. The van der Waals surface area contributed by atoms with Gasteiger partial charge in [0, 0.05) is 17.3 Å². The number of amides is 2. The molecule has 5 nitrogen and oxygen atoms in total. The number of rotatable bonds is 5. The van der Waals surface area contributed by atoms with E-state index in [0.717, 1.165) is 6.42 Å². The summed E-state index contributed by atoms with van der Waals surface area (Å²) in [6.07, 6.45) is 0.887. The molecule has 0 aromatic heterocycles. The Labute approximate surface area is 107 Å². The van der Waals surface area contributed by atoms with Crippen LogP contribution in [0.2, 0.25) is 0 Å². The van der Waals surface area contributed by atoms with Crippen LogP contribution >= 0.6 is 0 Å². The molecule has 98 valence electrons. The highest BCUT2D eigenvalue weighted by molar-refractivity contribution is 6.02. The van der Waals surface area contributed by atoms with Crippen LogP contribution in [0.1, 0.15) is 46.5 Å². The lowest BCUT2D eigenvalue weighted by Crippen LogP contribution is -2.21. The lowest BCUT2D eigenvalue weighted by molar-refractivity contribution is 0.0988. The summed E-state index contributed by atoms with van der Waals surface area (Å²) in [5, 5.41) is 3.16. The number of hydrogen-bond donors (Lipinski definition) is 3. The second kappa shape index (κ2) is 5.53. The van der Waals surface area contributed by atoms with Gasteiger partial charge in [-0.2, -0.15) is 0 Å². The standard InChI is InChI=1S/C13H19N3O2/c1-4-8(3)16-11-6-9(12(14)17)7(2)5-10(11)13(15)18/h5-6,8,16H,4H2,1-3H3,(H2,14,17)(H2,15,18)/t8-/m1/s1. The molecule has 0 saturated carbocycles. The third-order valence-electron chi connectivity index (χ3n) is 2.91. The Balaban J connectivity index is 3.30. The van der Waals surface area contributed by atoms with E-state index in [-0.39, 0.29) is 6.04 Å². The number of aryl methyl sites for hydroxylation is 1. The van der Waals surface area contributed by atoms with Gasteiger partial charge in [-0.25, -0.2) is 0 Å². The highest BCUT2D eigenvalue weighted by Crippen LogP contribution is 2.22. The Morgan fingerprint density at radius 2 is 1.78 bits per heavy atom. The van der Waals surface area contributed by atoms with E-state index in [2.05, 4.69) is 5.32 Å². The van der Waals surface area contributed by atoms with Crippen molar-refractivity contribution in [2.75, 3.05) is 5.32 Å². The molecular weight excluding hydrogens is 230 g/mol. The highest BCUT2D eigenvalue weighted by atomic mass is 16.1. The van der Waals surface area contributed by atoms with E-state index in [1.165, 1.54) is 0 Å². The van der Waals surface area contributed by atoms with Gasteiger partial charge in [-0.1, -0.05) is 6.92 Å². The van der Waals surface area contributed by atoms with Crippen LogP contribution in [0.15, 0.2) is 12.1 Å². The summed E-state index contributed by atoms with van der Waals surface area (Å²) in [5.74, 6) is -1.05. The molecule has 5 heteroatoms. The molecule has 0 unspecified atom stereocenters. The summed E-state index contributed by atoms with van der Waals surface area (Å²) >= 11 is 0. The predicted octanol–water partition coefficient (Wildman–Crippen LogP) is 1.40. The summed E-state index contributed by atoms with van der Waals surface area (Å²) in [4.78, 5) is 22.7. The molecule has 0 heterocycles. The summed E-state index contributed by atoms with van der Waals surface area (Å²) < 4.78 is 0. The third-order valence-corrected chi connectivity index (χ3v) is 2.91. The van der Waals surface area contributed by atoms with Gasteiger partial charge in [0.1, 0.15) is 0 Å². The Morgan fingerprint density at radius 1 is 1.22 bits per heavy atom. The molecule has 1 aromatic rings. The van der Waals surface area contributed by atoms with Gasteiger partial charge in [-0.05, 0) is 38.0 Å². The van der Waals surface area contributed by atoms with Gasteiger partial charge in [-0.15, -0.1) is 0 Å². The van der Waals surface area contributed by atoms with E-state index in [9.17, 15) is 9.59 Å². The average Bonchev–Trinajstić information content (AvgIpc) is 2.29. The van der Waals surface area contributed by atoms with Crippen LogP contribution in [0.25, 0.3) is 0 Å².